The van der Waals surface area contributed by atoms with Gasteiger partial charge in [0.05, 0.1) is 18.8 Å². The van der Waals surface area contributed by atoms with Gasteiger partial charge >= 0.3 is 0 Å². The van der Waals surface area contributed by atoms with Crippen LogP contribution in [0.4, 0.5) is 0 Å². The van der Waals surface area contributed by atoms with Gasteiger partial charge in [-0.15, -0.1) is 12.4 Å². The van der Waals surface area contributed by atoms with Crippen LogP contribution in [0, 0.1) is 5.92 Å². The minimum Gasteiger partial charge on any atom is -0.372 e. The van der Waals surface area contributed by atoms with Gasteiger partial charge in [0.25, 0.3) is 0 Å². The second kappa shape index (κ2) is 7.59. The van der Waals surface area contributed by atoms with E-state index < -0.39 is 0 Å². The van der Waals surface area contributed by atoms with Crippen molar-refractivity contribution in [2.45, 2.75) is 44.9 Å². The number of halogens is 1. The molecule has 1 aliphatic heterocycles. The van der Waals surface area contributed by atoms with Crippen LogP contribution >= 0.6 is 12.4 Å². The molecule has 3 unspecified atom stereocenters. The highest BCUT2D eigenvalue weighted by atomic mass is 35.5. The van der Waals surface area contributed by atoms with Crippen molar-refractivity contribution in [1.29, 1.82) is 0 Å². The zero-order valence-corrected chi connectivity index (χ0v) is 13.6. The Morgan fingerprint density at radius 3 is 2.35 bits per heavy atom. The minimum absolute atomic E-state index is 0. The van der Waals surface area contributed by atoms with Crippen molar-refractivity contribution in [3.63, 3.8) is 0 Å². The molecule has 0 aromatic heterocycles. The lowest BCUT2D eigenvalue weighted by molar-refractivity contribution is -0.144. The third kappa shape index (κ3) is 4.58. The van der Waals surface area contributed by atoms with Crippen molar-refractivity contribution in [3.05, 3.63) is 0 Å². The number of hydrogen-bond acceptors (Lipinski definition) is 4. The van der Waals surface area contributed by atoms with E-state index in [0.29, 0.717) is 38.1 Å². The second-order valence-electron chi connectivity index (χ2n) is 6.11. The lowest BCUT2D eigenvalue weighted by Gasteiger charge is -2.37. The van der Waals surface area contributed by atoms with Crippen molar-refractivity contribution in [3.8, 4) is 0 Å². The van der Waals surface area contributed by atoms with E-state index in [9.17, 15) is 4.79 Å². The van der Waals surface area contributed by atoms with Crippen LogP contribution < -0.4 is 5.73 Å². The Bertz CT molecular complexity index is 316. The number of carbonyl (C=O) groups is 1. The average Bonchev–Trinajstić information content (AvgIpc) is 3.13. The summed E-state index contributed by atoms with van der Waals surface area (Å²) in [5.41, 5.74) is 5.83. The van der Waals surface area contributed by atoms with E-state index in [1.165, 1.54) is 12.8 Å². The van der Waals surface area contributed by atoms with Crippen molar-refractivity contribution in [2.75, 3.05) is 33.2 Å². The molecule has 2 aliphatic rings. The molecule has 1 amide bonds. The molecule has 3 atom stereocenters. The molecule has 1 saturated heterocycles. The van der Waals surface area contributed by atoms with Crippen molar-refractivity contribution in [2.24, 2.45) is 11.7 Å². The maximum absolute atomic E-state index is 12.4. The van der Waals surface area contributed by atoms with E-state index in [0.717, 1.165) is 0 Å². The number of carbonyl (C=O) groups excluding carboxylic acids is 1. The number of ether oxygens (including phenoxy) is 1. The molecule has 118 valence electrons. The van der Waals surface area contributed by atoms with E-state index in [1.807, 2.05) is 25.8 Å². The molecule has 6 heteroatoms. The maximum Gasteiger partial charge on any atom is 0.236 e. The standard InChI is InChI=1S/C14H27N3O2.ClH/c1-10-7-17(8-11(2)19-10)14(18)9-16(3)13(6-15)12-4-5-12;/h10-13H,4-9,15H2,1-3H3;1H. The Morgan fingerprint density at radius 1 is 1.35 bits per heavy atom. The summed E-state index contributed by atoms with van der Waals surface area (Å²) in [5.74, 6) is 0.897. The lowest BCUT2D eigenvalue weighted by Crippen LogP contribution is -2.52. The Hall–Kier alpha value is -0.360. The van der Waals surface area contributed by atoms with Crippen LogP contribution in [0.15, 0.2) is 0 Å². The van der Waals surface area contributed by atoms with Crippen molar-refractivity contribution >= 4 is 18.3 Å². The molecule has 1 saturated carbocycles. The van der Waals surface area contributed by atoms with Gasteiger partial charge in [-0.05, 0) is 39.7 Å². The summed E-state index contributed by atoms with van der Waals surface area (Å²) >= 11 is 0. The second-order valence-corrected chi connectivity index (χ2v) is 6.11. The Labute approximate surface area is 128 Å². The first kappa shape index (κ1) is 17.7. The first-order valence-corrected chi connectivity index (χ1v) is 7.34. The van der Waals surface area contributed by atoms with Crippen molar-refractivity contribution < 1.29 is 9.53 Å². The zero-order valence-electron chi connectivity index (χ0n) is 12.7. The van der Waals surface area contributed by atoms with Crippen LogP contribution in [0.5, 0.6) is 0 Å². The fourth-order valence-corrected chi connectivity index (χ4v) is 3.03. The van der Waals surface area contributed by atoms with Gasteiger partial charge in [0.1, 0.15) is 0 Å². The number of hydrogen-bond donors (Lipinski definition) is 1. The van der Waals surface area contributed by atoms with Gasteiger partial charge in [-0.3, -0.25) is 9.69 Å². The number of rotatable bonds is 5. The fraction of sp³-hybridized carbons (Fsp3) is 0.929. The summed E-state index contributed by atoms with van der Waals surface area (Å²) in [5, 5.41) is 0. The smallest absolute Gasteiger partial charge is 0.236 e. The molecule has 0 bridgehead atoms. The number of nitrogens with zero attached hydrogens (tertiary/aromatic N) is 2. The molecule has 1 aliphatic carbocycles. The van der Waals surface area contributed by atoms with Gasteiger partial charge < -0.3 is 15.4 Å². The number of amides is 1. The minimum atomic E-state index is 0. The zero-order chi connectivity index (χ0) is 14.0. The van der Waals surface area contributed by atoms with E-state index in [2.05, 4.69) is 4.90 Å². The summed E-state index contributed by atoms with van der Waals surface area (Å²) in [6.07, 6.45) is 2.77. The van der Waals surface area contributed by atoms with Crippen LogP contribution in [0.3, 0.4) is 0 Å². The summed E-state index contributed by atoms with van der Waals surface area (Å²) in [7, 11) is 2.01. The van der Waals surface area contributed by atoms with Gasteiger partial charge in [-0.25, -0.2) is 0 Å². The molecule has 20 heavy (non-hydrogen) atoms. The van der Waals surface area contributed by atoms with Crippen LogP contribution in [-0.4, -0.2) is 67.2 Å². The molecular weight excluding hydrogens is 278 g/mol. The Morgan fingerprint density at radius 2 is 1.90 bits per heavy atom. The SMILES string of the molecule is CC1CN(C(=O)CN(C)C(CN)C2CC2)CC(C)O1.Cl. The summed E-state index contributed by atoms with van der Waals surface area (Å²) in [4.78, 5) is 16.4. The molecule has 2 fully saturated rings. The molecule has 2 rings (SSSR count). The van der Waals surface area contributed by atoms with E-state index in [-0.39, 0.29) is 30.5 Å². The quantitative estimate of drug-likeness (QED) is 0.813. The molecule has 5 nitrogen and oxygen atoms in total. The highest BCUT2D eigenvalue weighted by Crippen LogP contribution is 2.34. The first-order valence-electron chi connectivity index (χ1n) is 7.34. The van der Waals surface area contributed by atoms with Crippen molar-refractivity contribution in [1.82, 2.24) is 9.80 Å². The lowest BCUT2D eigenvalue weighted by atomic mass is 10.1. The van der Waals surface area contributed by atoms with Crippen LogP contribution in [-0.2, 0) is 9.53 Å². The maximum atomic E-state index is 12.4. The van der Waals surface area contributed by atoms with Crippen LogP contribution in [0.25, 0.3) is 0 Å². The molecule has 1 heterocycles. The first-order chi connectivity index (χ1) is 9.01. The topological polar surface area (TPSA) is 58.8 Å². The van der Waals surface area contributed by atoms with E-state index in [1.54, 1.807) is 0 Å². The predicted octanol–water partition coefficient (Wildman–Crippen LogP) is 0.713. The van der Waals surface area contributed by atoms with Gasteiger partial charge in [0, 0.05) is 25.7 Å². The van der Waals surface area contributed by atoms with E-state index in [4.69, 9.17) is 10.5 Å². The number of morpholine rings is 1. The highest BCUT2D eigenvalue weighted by molar-refractivity contribution is 5.85. The highest BCUT2D eigenvalue weighted by Gasteiger charge is 2.34. The van der Waals surface area contributed by atoms with Gasteiger partial charge in [0.15, 0.2) is 0 Å². The fourth-order valence-electron chi connectivity index (χ4n) is 3.03. The largest absolute Gasteiger partial charge is 0.372 e. The molecule has 2 N–H and O–H groups in total. The molecule has 0 radical (unpaired) electrons. The monoisotopic (exact) mass is 305 g/mol. The predicted molar refractivity (Wildman–Crippen MR) is 82.0 cm³/mol. The number of nitrogens with two attached hydrogens (primary N) is 1. The molecule has 0 spiro atoms. The summed E-state index contributed by atoms with van der Waals surface area (Å²) in [6, 6.07) is 0.361. The molecular formula is C14H28ClN3O2. The van der Waals surface area contributed by atoms with Gasteiger partial charge in [-0.1, -0.05) is 0 Å². The average molecular weight is 306 g/mol. The third-order valence-electron chi connectivity index (χ3n) is 4.13. The van der Waals surface area contributed by atoms with Gasteiger partial charge in [-0.2, -0.15) is 0 Å². The number of likely N-dealkylation sites (N-methyl/N-ethyl adjacent to an activating group) is 1. The normalized spacial score (nSPS) is 28.1. The molecule has 0 aromatic carbocycles. The Balaban J connectivity index is 0.00000200. The third-order valence-corrected chi connectivity index (χ3v) is 4.13. The summed E-state index contributed by atoms with van der Waals surface area (Å²) < 4.78 is 5.66. The summed E-state index contributed by atoms with van der Waals surface area (Å²) in [6.45, 7) is 6.56. The van der Waals surface area contributed by atoms with Crippen LogP contribution in [0.2, 0.25) is 0 Å². The van der Waals surface area contributed by atoms with Gasteiger partial charge in [0.2, 0.25) is 5.91 Å². The Kier molecular flexibility index (Phi) is 6.72. The van der Waals surface area contributed by atoms with E-state index >= 15 is 0 Å². The van der Waals surface area contributed by atoms with Crippen LogP contribution in [0.1, 0.15) is 26.7 Å². The molecule has 0 aromatic rings.